The molecule has 0 bridgehead atoms. The predicted octanol–water partition coefficient (Wildman–Crippen LogP) is 4.29. The van der Waals surface area contributed by atoms with Gasteiger partial charge in [0, 0.05) is 38.0 Å². The van der Waals surface area contributed by atoms with Crippen molar-refractivity contribution < 1.29 is 4.74 Å². The summed E-state index contributed by atoms with van der Waals surface area (Å²) in [7, 11) is 1.73. The summed E-state index contributed by atoms with van der Waals surface area (Å²) in [4.78, 5) is 11.9. The molecule has 26 heavy (non-hydrogen) atoms. The van der Waals surface area contributed by atoms with Crippen LogP contribution in [-0.4, -0.2) is 40.8 Å². The van der Waals surface area contributed by atoms with Crippen LogP contribution in [0.3, 0.4) is 0 Å². The largest absolute Gasteiger partial charge is 0.383 e. The van der Waals surface area contributed by atoms with Gasteiger partial charge in [-0.3, -0.25) is 0 Å². The molecule has 5 nitrogen and oxygen atoms in total. The molecule has 138 valence electrons. The van der Waals surface area contributed by atoms with E-state index in [0.717, 1.165) is 41.3 Å². The number of nitrogens with zero attached hydrogens (tertiary/aromatic N) is 4. The number of benzene rings is 1. The zero-order valence-corrected chi connectivity index (χ0v) is 16.4. The van der Waals surface area contributed by atoms with Crippen LogP contribution in [0.1, 0.15) is 26.3 Å². The van der Waals surface area contributed by atoms with Crippen LogP contribution in [0, 0.1) is 6.92 Å². The highest BCUT2D eigenvalue weighted by Gasteiger charge is 2.15. The number of ether oxygens (including phenoxy) is 1. The fourth-order valence-electron chi connectivity index (χ4n) is 3.35. The minimum atomic E-state index is 0.424. The van der Waals surface area contributed by atoms with Gasteiger partial charge in [-0.15, -0.1) is 0 Å². The van der Waals surface area contributed by atoms with E-state index < -0.39 is 0 Å². The van der Waals surface area contributed by atoms with Crippen LogP contribution in [-0.2, 0) is 11.3 Å². The lowest BCUT2D eigenvalue weighted by Gasteiger charge is -2.26. The summed E-state index contributed by atoms with van der Waals surface area (Å²) in [5, 5.41) is 0. The number of fused-ring (bicyclic) bond motifs is 1. The van der Waals surface area contributed by atoms with E-state index in [0.29, 0.717) is 12.6 Å². The summed E-state index contributed by atoms with van der Waals surface area (Å²) >= 11 is 0. The van der Waals surface area contributed by atoms with Gasteiger partial charge in [0.1, 0.15) is 11.6 Å². The van der Waals surface area contributed by atoms with Gasteiger partial charge >= 0.3 is 0 Å². The SMILES string of the molecule is CCN(c1ccc(-c2nc3cc(C)ccc3n2CCOC)cn1)C(C)C. The summed E-state index contributed by atoms with van der Waals surface area (Å²) < 4.78 is 7.52. The van der Waals surface area contributed by atoms with Crippen molar-refractivity contribution >= 4 is 16.9 Å². The summed E-state index contributed by atoms with van der Waals surface area (Å²) in [5.74, 6) is 1.94. The zero-order valence-electron chi connectivity index (χ0n) is 16.4. The Balaban J connectivity index is 2.03. The van der Waals surface area contributed by atoms with Crippen molar-refractivity contribution in [2.75, 3.05) is 25.2 Å². The first-order chi connectivity index (χ1) is 12.5. The average Bonchev–Trinajstić information content (AvgIpc) is 2.98. The monoisotopic (exact) mass is 352 g/mol. The average molecular weight is 352 g/mol. The van der Waals surface area contributed by atoms with Gasteiger partial charge in [-0.2, -0.15) is 0 Å². The van der Waals surface area contributed by atoms with E-state index in [1.165, 1.54) is 5.56 Å². The molecule has 0 amide bonds. The van der Waals surface area contributed by atoms with E-state index in [1.54, 1.807) is 7.11 Å². The molecule has 0 fully saturated rings. The van der Waals surface area contributed by atoms with Crippen molar-refractivity contribution in [3.63, 3.8) is 0 Å². The molecule has 0 atom stereocenters. The maximum atomic E-state index is 5.30. The van der Waals surface area contributed by atoms with E-state index in [9.17, 15) is 0 Å². The van der Waals surface area contributed by atoms with E-state index in [1.807, 2.05) is 6.20 Å². The molecule has 0 aliphatic rings. The summed E-state index contributed by atoms with van der Waals surface area (Å²) in [6.07, 6.45) is 1.93. The molecule has 0 N–H and O–H groups in total. The second-order valence-electron chi connectivity index (χ2n) is 6.86. The molecule has 0 radical (unpaired) electrons. The second kappa shape index (κ2) is 7.87. The molecular weight excluding hydrogens is 324 g/mol. The van der Waals surface area contributed by atoms with Crippen LogP contribution in [0.15, 0.2) is 36.5 Å². The normalized spacial score (nSPS) is 11.5. The molecule has 0 unspecified atom stereocenters. The number of aromatic nitrogens is 3. The molecule has 2 heterocycles. The molecule has 0 saturated carbocycles. The van der Waals surface area contributed by atoms with Crippen LogP contribution >= 0.6 is 0 Å². The van der Waals surface area contributed by atoms with Gasteiger partial charge in [-0.1, -0.05) is 6.07 Å². The molecule has 0 aliphatic heterocycles. The fraction of sp³-hybridized carbons (Fsp3) is 0.429. The number of aryl methyl sites for hydroxylation is 1. The Bertz CT molecular complexity index is 868. The Labute approximate surface area is 155 Å². The smallest absolute Gasteiger partial charge is 0.142 e. The maximum Gasteiger partial charge on any atom is 0.142 e. The van der Waals surface area contributed by atoms with Crippen molar-refractivity contribution in [3.05, 3.63) is 42.1 Å². The third-order valence-corrected chi connectivity index (χ3v) is 4.69. The van der Waals surface area contributed by atoms with Gasteiger partial charge in [0.05, 0.1) is 17.6 Å². The topological polar surface area (TPSA) is 43.2 Å². The van der Waals surface area contributed by atoms with Crippen LogP contribution in [0.4, 0.5) is 5.82 Å². The number of imidazole rings is 1. The molecule has 3 rings (SSSR count). The minimum Gasteiger partial charge on any atom is -0.383 e. The highest BCUT2D eigenvalue weighted by molar-refractivity contribution is 5.81. The Hall–Kier alpha value is -2.40. The molecule has 0 spiro atoms. The predicted molar refractivity (Wildman–Crippen MR) is 108 cm³/mol. The van der Waals surface area contributed by atoms with Crippen molar-refractivity contribution in [2.45, 2.75) is 40.3 Å². The quantitative estimate of drug-likeness (QED) is 0.636. The number of rotatable bonds is 7. The second-order valence-corrected chi connectivity index (χ2v) is 6.86. The first-order valence-electron chi connectivity index (χ1n) is 9.24. The molecule has 0 saturated heterocycles. The lowest BCUT2D eigenvalue weighted by atomic mass is 10.2. The van der Waals surface area contributed by atoms with Crippen molar-refractivity contribution in [2.24, 2.45) is 0 Å². The van der Waals surface area contributed by atoms with Crippen LogP contribution in [0.5, 0.6) is 0 Å². The van der Waals surface area contributed by atoms with Crippen molar-refractivity contribution in [1.29, 1.82) is 0 Å². The summed E-state index contributed by atoms with van der Waals surface area (Å²) in [5.41, 5.74) is 4.38. The zero-order chi connectivity index (χ0) is 18.7. The number of hydrogen-bond acceptors (Lipinski definition) is 4. The van der Waals surface area contributed by atoms with Crippen molar-refractivity contribution in [3.8, 4) is 11.4 Å². The molecular formula is C21H28N4O. The number of pyridine rings is 1. The summed E-state index contributed by atoms with van der Waals surface area (Å²) in [6, 6.07) is 11.0. The van der Waals surface area contributed by atoms with Gasteiger partial charge in [0.25, 0.3) is 0 Å². The van der Waals surface area contributed by atoms with Crippen molar-refractivity contribution in [1.82, 2.24) is 14.5 Å². The first kappa shape index (κ1) is 18.4. The molecule has 2 aromatic heterocycles. The Morgan fingerprint density at radius 2 is 2.00 bits per heavy atom. The van der Waals surface area contributed by atoms with Crippen LogP contribution < -0.4 is 4.90 Å². The number of anilines is 1. The van der Waals surface area contributed by atoms with E-state index in [-0.39, 0.29) is 0 Å². The Kier molecular flexibility index (Phi) is 5.57. The molecule has 5 heteroatoms. The van der Waals surface area contributed by atoms with Gasteiger partial charge < -0.3 is 14.2 Å². The van der Waals surface area contributed by atoms with Gasteiger partial charge in [-0.25, -0.2) is 9.97 Å². The number of methoxy groups -OCH3 is 1. The third-order valence-electron chi connectivity index (χ3n) is 4.69. The third kappa shape index (κ3) is 3.58. The van der Waals surface area contributed by atoms with E-state index in [4.69, 9.17) is 14.7 Å². The molecule has 3 aromatic rings. The Morgan fingerprint density at radius 1 is 1.19 bits per heavy atom. The highest BCUT2D eigenvalue weighted by atomic mass is 16.5. The van der Waals surface area contributed by atoms with Gasteiger partial charge in [-0.05, 0) is 57.5 Å². The fourth-order valence-corrected chi connectivity index (χ4v) is 3.35. The highest BCUT2D eigenvalue weighted by Crippen LogP contribution is 2.26. The standard InChI is InChI=1S/C21H28N4O/c1-6-24(15(2)3)20-10-8-17(14-22-20)21-23-18-13-16(4)7-9-19(18)25(21)11-12-26-5/h7-10,13-15H,6,11-12H2,1-5H3. The van der Waals surface area contributed by atoms with Crippen LogP contribution in [0.25, 0.3) is 22.4 Å². The van der Waals surface area contributed by atoms with E-state index in [2.05, 4.69) is 67.5 Å². The summed E-state index contributed by atoms with van der Waals surface area (Å²) in [6.45, 7) is 11.0. The lowest BCUT2D eigenvalue weighted by Crippen LogP contribution is -2.30. The van der Waals surface area contributed by atoms with E-state index >= 15 is 0 Å². The first-order valence-corrected chi connectivity index (χ1v) is 9.24. The molecule has 1 aromatic carbocycles. The Morgan fingerprint density at radius 3 is 2.62 bits per heavy atom. The molecule has 0 aliphatic carbocycles. The number of hydrogen-bond donors (Lipinski definition) is 0. The lowest BCUT2D eigenvalue weighted by molar-refractivity contribution is 0.188. The van der Waals surface area contributed by atoms with Gasteiger partial charge in [0.15, 0.2) is 0 Å². The maximum absolute atomic E-state index is 5.30. The van der Waals surface area contributed by atoms with Crippen LogP contribution in [0.2, 0.25) is 0 Å². The van der Waals surface area contributed by atoms with Gasteiger partial charge in [0.2, 0.25) is 0 Å². The minimum absolute atomic E-state index is 0.424.